The average Bonchev–Trinajstić information content (AvgIpc) is 2.74. The summed E-state index contributed by atoms with van der Waals surface area (Å²) >= 11 is 0. The third-order valence-corrected chi connectivity index (χ3v) is 4.99. The molecule has 2 atom stereocenters. The van der Waals surface area contributed by atoms with E-state index in [0.717, 1.165) is 22.4 Å². The Bertz CT molecular complexity index is 891. The lowest BCUT2D eigenvalue weighted by Gasteiger charge is -2.30. The Kier molecular flexibility index (Phi) is 6.62. The topological polar surface area (TPSA) is 29.5 Å². The predicted octanol–water partition coefficient (Wildman–Crippen LogP) is 4.89. The maximum atomic E-state index is 13.6. The van der Waals surface area contributed by atoms with Gasteiger partial charge in [-0.3, -0.25) is 4.79 Å². The molecule has 3 nitrogen and oxygen atoms in total. The molecule has 3 aromatic rings. The van der Waals surface area contributed by atoms with Gasteiger partial charge in [0.25, 0.3) is 0 Å². The molecular weight excluding hydrogens is 346 g/mol. The van der Waals surface area contributed by atoms with Crippen LogP contribution in [0.15, 0.2) is 84.9 Å². The van der Waals surface area contributed by atoms with Crippen LogP contribution in [0, 0.1) is 5.92 Å². The van der Waals surface area contributed by atoms with Crippen molar-refractivity contribution in [1.29, 1.82) is 0 Å². The summed E-state index contributed by atoms with van der Waals surface area (Å²) in [7, 11) is 5.70. The molecule has 144 valence electrons. The highest BCUT2D eigenvalue weighted by Gasteiger charge is 2.33. The molecular formula is C25H27NO2. The van der Waals surface area contributed by atoms with E-state index in [1.807, 2.05) is 80.8 Å². The van der Waals surface area contributed by atoms with Crippen LogP contribution in [0.3, 0.4) is 0 Å². The van der Waals surface area contributed by atoms with Crippen molar-refractivity contribution in [3.63, 3.8) is 0 Å². The Morgan fingerprint density at radius 1 is 0.857 bits per heavy atom. The van der Waals surface area contributed by atoms with Crippen LogP contribution in [-0.2, 0) is 0 Å². The molecule has 0 saturated carbocycles. The number of hydrogen-bond acceptors (Lipinski definition) is 3. The number of methoxy groups -OCH3 is 1. The summed E-state index contributed by atoms with van der Waals surface area (Å²) in [5.74, 6) is 0.610. The zero-order valence-corrected chi connectivity index (χ0v) is 16.7. The van der Waals surface area contributed by atoms with Crippen LogP contribution >= 0.6 is 0 Å². The number of para-hydroxylation sites is 1. The van der Waals surface area contributed by atoms with Crippen LogP contribution in [-0.4, -0.2) is 38.4 Å². The van der Waals surface area contributed by atoms with Crippen molar-refractivity contribution in [2.75, 3.05) is 27.7 Å². The summed E-state index contributed by atoms with van der Waals surface area (Å²) in [5.41, 5.74) is 2.89. The Morgan fingerprint density at radius 2 is 1.43 bits per heavy atom. The first kappa shape index (κ1) is 19.8. The highest BCUT2D eigenvalue weighted by atomic mass is 16.5. The summed E-state index contributed by atoms with van der Waals surface area (Å²) in [5, 5.41) is 0. The maximum Gasteiger partial charge on any atom is 0.168 e. The smallest absolute Gasteiger partial charge is 0.168 e. The van der Waals surface area contributed by atoms with Gasteiger partial charge < -0.3 is 9.64 Å². The molecule has 3 heteroatoms. The van der Waals surface area contributed by atoms with Crippen molar-refractivity contribution in [2.45, 2.75) is 5.92 Å². The fraction of sp³-hybridized carbons (Fsp3) is 0.240. The Labute approximate surface area is 167 Å². The minimum absolute atomic E-state index is 0.104. The second-order valence-corrected chi connectivity index (χ2v) is 7.23. The van der Waals surface area contributed by atoms with Crippen LogP contribution in [0.25, 0.3) is 0 Å². The number of ketones is 1. The summed E-state index contributed by atoms with van der Waals surface area (Å²) in [6, 6.07) is 27.8. The van der Waals surface area contributed by atoms with Crippen molar-refractivity contribution in [1.82, 2.24) is 4.90 Å². The van der Waals surface area contributed by atoms with Crippen LogP contribution in [0.2, 0.25) is 0 Å². The minimum atomic E-state index is -0.240. The molecule has 3 aromatic carbocycles. The number of ether oxygens (including phenoxy) is 1. The summed E-state index contributed by atoms with van der Waals surface area (Å²) in [6.45, 7) is 0.644. The second-order valence-electron chi connectivity index (χ2n) is 7.23. The molecule has 0 bridgehead atoms. The molecule has 0 amide bonds. The van der Waals surface area contributed by atoms with Gasteiger partial charge in [0.2, 0.25) is 0 Å². The second kappa shape index (κ2) is 9.34. The van der Waals surface area contributed by atoms with E-state index in [1.165, 1.54) is 0 Å². The first-order chi connectivity index (χ1) is 13.6. The van der Waals surface area contributed by atoms with Crippen molar-refractivity contribution in [3.05, 3.63) is 102 Å². The zero-order valence-electron chi connectivity index (χ0n) is 16.7. The van der Waals surface area contributed by atoms with E-state index < -0.39 is 0 Å². The molecule has 0 aliphatic rings. The highest BCUT2D eigenvalue weighted by Crippen LogP contribution is 2.39. The first-order valence-electron chi connectivity index (χ1n) is 9.53. The molecule has 0 N–H and O–H groups in total. The molecule has 3 rings (SSSR count). The lowest BCUT2D eigenvalue weighted by molar-refractivity contribution is 0.0882. The molecule has 0 saturated heterocycles. The number of Topliss-reactive ketones (excluding diaryl/α,β-unsaturated/α-hetero) is 1. The van der Waals surface area contributed by atoms with Gasteiger partial charge in [-0.1, -0.05) is 78.9 Å². The van der Waals surface area contributed by atoms with Gasteiger partial charge in [-0.2, -0.15) is 0 Å². The van der Waals surface area contributed by atoms with Crippen molar-refractivity contribution >= 4 is 5.78 Å². The number of nitrogens with zero attached hydrogens (tertiary/aromatic N) is 1. The largest absolute Gasteiger partial charge is 0.496 e. The molecule has 2 unspecified atom stereocenters. The van der Waals surface area contributed by atoms with Crippen LogP contribution in [0.1, 0.15) is 27.4 Å². The molecule has 0 heterocycles. The lowest BCUT2D eigenvalue weighted by Crippen LogP contribution is -2.33. The standard InChI is InChI=1S/C25H27NO2/c1-26(2)18-22(25(27)20-14-8-5-9-15-20)24(19-12-6-4-7-13-19)21-16-10-11-17-23(21)28-3/h4-17,22,24H,18H2,1-3H3. The number of carbonyl (C=O) groups is 1. The molecule has 0 aromatic heterocycles. The van der Waals surface area contributed by atoms with Gasteiger partial charge in [-0.25, -0.2) is 0 Å². The van der Waals surface area contributed by atoms with E-state index >= 15 is 0 Å². The number of rotatable bonds is 8. The third kappa shape index (κ3) is 4.49. The van der Waals surface area contributed by atoms with E-state index in [9.17, 15) is 4.79 Å². The number of hydrogen-bond donors (Lipinski definition) is 0. The summed E-state index contributed by atoms with van der Waals surface area (Å²) in [6.07, 6.45) is 0. The van der Waals surface area contributed by atoms with Gasteiger partial charge in [0.1, 0.15) is 5.75 Å². The molecule has 28 heavy (non-hydrogen) atoms. The van der Waals surface area contributed by atoms with Gasteiger partial charge in [0.05, 0.1) is 7.11 Å². The summed E-state index contributed by atoms with van der Waals surface area (Å²) in [4.78, 5) is 15.7. The van der Waals surface area contributed by atoms with Gasteiger partial charge in [-0.05, 0) is 25.7 Å². The van der Waals surface area contributed by atoms with Crippen LogP contribution in [0.5, 0.6) is 5.75 Å². The Balaban J connectivity index is 2.15. The van der Waals surface area contributed by atoms with Gasteiger partial charge in [0.15, 0.2) is 5.78 Å². The maximum absolute atomic E-state index is 13.6. The average molecular weight is 373 g/mol. The van der Waals surface area contributed by atoms with Crippen LogP contribution in [0.4, 0.5) is 0 Å². The first-order valence-corrected chi connectivity index (χ1v) is 9.53. The highest BCUT2D eigenvalue weighted by molar-refractivity contribution is 5.99. The lowest BCUT2D eigenvalue weighted by atomic mass is 9.76. The molecule has 0 spiro atoms. The van der Waals surface area contributed by atoms with Crippen molar-refractivity contribution in [2.24, 2.45) is 5.92 Å². The fourth-order valence-corrected chi connectivity index (χ4v) is 3.76. The molecule has 0 aliphatic heterocycles. The van der Waals surface area contributed by atoms with E-state index in [-0.39, 0.29) is 17.6 Å². The molecule has 0 fully saturated rings. The van der Waals surface area contributed by atoms with E-state index in [1.54, 1.807) is 7.11 Å². The normalized spacial score (nSPS) is 13.1. The van der Waals surface area contributed by atoms with Crippen molar-refractivity contribution in [3.8, 4) is 5.75 Å². The van der Waals surface area contributed by atoms with E-state index in [4.69, 9.17) is 4.74 Å². The monoisotopic (exact) mass is 373 g/mol. The Hall–Kier alpha value is -2.91. The van der Waals surface area contributed by atoms with E-state index in [0.29, 0.717) is 6.54 Å². The zero-order chi connectivity index (χ0) is 19.9. The van der Waals surface area contributed by atoms with Gasteiger partial charge in [-0.15, -0.1) is 0 Å². The van der Waals surface area contributed by atoms with E-state index in [2.05, 4.69) is 23.1 Å². The van der Waals surface area contributed by atoms with Gasteiger partial charge in [0, 0.05) is 29.5 Å². The summed E-state index contributed by atoms with van der Waals surface area (Å²) < 4.78 is 5.66. The fourth-order valence-electron chi connectivity index (χ4n) is 3.76. The SMILES string of the molecule is COc1ccccc1C(c1ccccc1)C(CN(C)C)C(=O)c1ccccc1. The molecule has 0 radical (unpaired) electrons. The van der Waals surface area contributed by atoms with Crippen molar-refractivity contribution < 1.29 is 9.53 Å². The number of carbonyl (C=O) groups excluding carboxylic acids is 1. The quantitative estimate of drug-likeness (QED) is 0.527. The minimum Gasteiger partial charge on any atom is -0.496 e. The number of benzene rings is 3. The van der Waals surface area contributed by atoms with Gasteiger partial charge >= 0.3 is 0 Å². The Morgan fingerprint density at radius 3 is 2.04 bits per heavy atom. The molecule has 0 aliphatic carbocycles. The van der Waals surface area contributed by atoms with Crippen LogP contribution < -0.4 is 4.74 Å². The third-order valence-electron chi connectivity index (χ3n) is 4.99. The predicted molar refractivity (Wildman–Crippen MR) is 114 cm³/mol.